The molecule has 156 valence electrons. The minimum absolute atomic E-state index is 0. The van der Waals surface area contributed by atoms with Gasteiger partial charge >= 0.3 is 0 Å². The van der Waals surface area contributed by atoms with Crippen molar-refractivity contribution < 1.29 is 4.79 Å². The van der Waals surface area contributed by atoms with Gasteiger partial charge in [-0.05, 0) is 25.0 Å². The van der Waals surface area contributed by atoms with Crippen LogP contribution >= 0.6 is 24.8 Å². The Kier molecular flexibility index (Phi) is 7.64. The molecule has 2 N–H and O–H groups in total. The molecule has 2 aromatic heterocycles. The van der Waals surface area contributed by atoms with Crippen molar-refractivity contribution in [2.24, 2.45) is 0 Å². The third-order valence-corrected chi connectivity index (χ3v) is 4.98. The molecular weight excluding hydrogens is 413 g/mol. The molecule has 29 heavy (non-hydrogen) atoms. The molecule has 0 spiro atoms. The predicted molar refractivity (Wildman–Crippen MR) is 118 cm³/mol. The fourth-order valence-corrected chi connectivity index (χ4v) is 3.48. The molecule has 1 aliphatic heterocycles. The van der Waals surface area contributed by atoms with Crippen LogP contribution in [0.5, 0.6) is 0 Å². The number of nitrogens with two attached hydrogens (primary N) is 1. The summed E-state index contributed by atoms with van der Waals surface area (Å²) in [4.78, 5) is 25.3. The van der Waals surface area contributed by atoms with Gasteiger partial charge in [0.1, 0.15) is 12.1 Å². The van der Waals surface area contributed by atoms with Crippen molar-refractivity contribution in [3.05, 3.63) is 47.9 Å². The average molecular weight is 438 g/mol. The number of hydrogen-bond acceptors (Lipinski definition) is 6. The number of anilines is 2. The first-order valence-corrected chi connectivity index (χ1v) is 9.15. The second-order valence-electron chi connectivity index (χ2n) is 6.79. The van der Waals surface area contributed by atoms with Crippen LogP contribution in [-0.2, 0) is 11.2 Å². The Balaban J connectivity index is 0.00000150. The third-order valence-electron chi connectivity index (χ3n) is 4.98. The van der Waals surface area contributed by atoms with Crippen molar-refractivity contribution >= 4 is 48.0 Å². The maximum absolute atomic E-state index is 12.6. The second kappa shape index (κ2) is 9.76. The fourth-order valence-electron chi connectivity index (χ4n) is 3.48. The molecule has 3 heterocycles. The lowest BCUT2D eigenvalue weighted by Gasteiger charge is -2.36. The minimum atomic E-state index is 0. The molecule has 0 atom stereocenters. The topological polar surface area (TPSA) is 92.7 Å². The maximum atomic E-state index is 12.6. The number of halogens is 2. The number of amides is 1. The zero-order chi connectivity index (χ0) is 18.8. The summed E-state index contributed by atoms with van der Waals surface area (Å²) in [7, 11) is 0. The Bertz CT molecular complexity index is 970. The lowest BCUT2D eigenvalue weighted by molar-refractivity contribution is -0.131. The number of aromatic nitrogens is 4. The molecule has 0 aliphatic carbocycles. The smallest absolute Gasteiger partial charge is 0.254 e. The van der Waals surface area contributed by atoms with Gasteiger partial charge in [0.05, 0.1) is 0 Å². The molecule has 0 radical (unpaired) electrons. The Morgan fingerprint density at radius 3 is 2.59 bits per heavy atom. The quantitative estimate of drug-likeness (QED) is 0.628. The number of rotatable bonds is 4. The molecule has 1 amide bonds. The van der Waals surface area contributed by atoms with Crippen molar-refractivity contribution in [3.63, 3.8) is 0 Å². The first-order valence-electron chi connectivity index (χ1n) is 9.15. The number of aryl methyl sites for hydroxylation is 2. The summed E-state index contributed by atoms with van der Waals surface area (Å²) in [6.45, 7) is 4.86. The van der Waals surface area contributed by atoms with Gasteiger partial charge in [-0.15, -0.1) is 24.8 Å². The van der Waals surface area contributed by atoms with E-state index < -0.39 is 0 Å². The van der Waals surface area contributed by atoms with Crippen LogP contribution in [-0.4, -0.2) is 56.6 Å². The summed E-state index contributed by atoms with van der Waals surface area (Å²) in [5, 5.41) is 4.27. The Morgan fingerprint density at radius 2 is 1.86 bits per heavy atom. The molecule has 8 nitrogen and oxygen atoms in total. The number of hydrogen-bond donors (Lipinski definition) is 1. The SMILES string of the molecule is Cc1cc(N2CCN(C(=O)CCc3ccccc3N)CC2)n2ncnc2n1.Cl.Cl. The number of fused-ring (bicyclic) bond motifs is 1. The summed E-state index contributed by atoms with van der Waals surface area (Å²) < 4.78 is 1.75. The van der Waals surface area contributed by atoms with Gasteiger partial charge in [-0.2, -0.15) is 14.6 Å². The zero-order valence-corrected chi connectivity index (χ0v) is 17.8. The highest BCUT2D eigenvalue weighted by atomic mass is 35.5. The van der Waals surface area contributed by atoms with E-state index >= 15 is 0 Å². The molecule has 10 heteroatoms. The number of benzene rings is 1. The van der Waals surface area contributed by atoms with Crippen molar-refractivity contribution in [2.45, 2.75) is 19.8 Å². The van der Waals surface area contributed by atoms with E-state index in [0.29, 0.717) is 31.7 Å². The van der Waals surface area contributed by atoms with Crippen LogP contribution in [0, 0.1) is 6.92 Å². The van der Waals surface area contributed by atoms with Crippen LogP contribution in [0.2, 0.25) is 0 Å². The lowest BCUT2D eigenvalue weighted by Crippen LogP contribution is -2.49. The van der Waals surface area contributed by atoms with Gasteiger partial charge in [-0.25, -0.2) is 4.98 Å². The van der Waals surface area contributed by atoms with Crippen molar-refractivity contribution in [2.75, 3.05) is 36.8 Å². The van der Waals surface area contributed by atoms with E-state index in [4.69, 9.17) is 5.73 Å². The lowest BCUT2D eigenvalue weighted by atomic mass is 10.1. The normalized spacial score (nSPS) is 13.7. The Morgan fingerprint density at radius 1 is 1.14 bits per heavy atom. The van der Waals surface area contributed by atoms with E-state index in [1.807, 2.05) is 42.2 Å². The van der Waals surface area contributed by atoms with Crippen LogP contribution in [0.3, 0.4) is 0 Å². The van der Waals surface area contributed by atoms with Gasteiger partial charge in [0.15, 0.2) is 0 Å². The molecule has 0 unspecified atom stereocenters. The van der Waals surface area contributed by atoms with E-state index in [0.717, 1.165) is 35.9 Å². The molecule has 1 fully saturated rings. The largest absolute Gasteiger partial charge is 0.399 e. The second-order valence-corrected chi connectivity index (χ2v) is 6.79. The number of carbonyl (C=O) groups is 1. The summed E-state index contributed by atoms with van der Waals surface area (Å²) in [5.41, 5.74) is 8.66. The Labute approximate surface area is 181 Å². The average Bonchev–Trinajstić information content (AvgIpc) is 3.15. The number of nitrogens with zero attached hydrogens (tertiary/aromatic N) is 6. The molecule has 1 saturated heterocycles. The number of para-hydroxylation sites is 1. The van der Waals surface area contributed by atoms with E-state index in [1.54, 1.807) is 4.52 Å². The first-order chi connectivity index (χ1) is 13.1. The van der Waals surface area contributed by atoms with E-state index in [1.165, 1.54) is 6.33 Å². The van der Waals surface area contributed by atoms with Gasteiger partial charge < -0.3 is 15.5 Å². The van der Waals surface area contributed by atoms with Gasteiger partial charge in [0.25, 0.3) is 5.78 Å². The number of piperazine rings is 1. The van der Waals surface area contributed by atoms with Gasteiger partial charge in [0, 0.05) is 50.0 Å². The highest BCUT2D eigenvalue weighted by molar-refractivity contribution is 5.85. The van der Waals surface area contributed by atoms with Gasteiger partial charge in [-0.3, -0.25) is 4.79 Å². The molecule has 3 aromatic rings. The minimum Gasteiger partial charge on any atom is -0.399 e. The molecule has 0 bridgehead atoms. The van der Waals surface area contributed by atoms with Crippen LogP contribution in [0.1, 0.15) is 17.7 Å². The van der Waals surface area contributed by atoms with E-state index in [-0.39, 0.29) is 30.7 Å². The first kappa shape index (κ1) is 22.7. The molecular formula is C19H25Cl2N7O. The molecule has 1 aromatic carbocycles. The van der Waals surface area contributed by atoms with Crippen molar-refractivity contribution in [1.29, 1.82) is 0 Å². The fraction of sp³-hybridized carbons (Fsp3) is 0.368. The summed E-state index contributed by atoms with van der Waals surface area (Å²) >= 11 is 0. The standard InChI is InChI=1S/C19H23N7O.2ClH/c1-14-12-17(26-19(23-14)21-13-22-26)24-8-10-25(11-9-24)18(27)7-6-15-4-2-3-5-16(15)20;;/h2-5,12-13H,6-11,20H2,1H3;2*1H. The van der Waals surface area contributed by atoms with Crippen LogP contribution in [0.25, 0.3) is 5.78 Å². The van der Waals surface area contributed by atoms with Gasteiger partial charge in [0.2, 0.25) is 5.91 Å². The summed E-state index contributed by atoms with van der Waals surface area (Å²) in [6, 6.07) is 9.73. The molecule has 1 aliphatic rings. The number of carbonyl (C=O) groups excluding carboxylic acids is 1. The summed E-state index contributed by atoms with van der Waals surface area (Å²) in [5.74, 6) is 1.75. The molecule has 4 rings (SSSR count). The predicted octanol–water partition coefficient (Wildman–Crippen LogP) is 2.14. The highest BCUT2D eigenvalue weighted by Gasteiger charge is 2.23. The zero-order valence-electron chi connectivity index (χ0n) is 16.2. The molecule has 0 saturated carbocycles. The van der Waals surface area contributed by atoms with Crippen LogP contribution < -0.4 is 10.6 Å². The Hall–Kier alpha value is -2.58. The summed E-state index contributed by atoms with van der Waals surface area (Å²) in [6.07, 6.45) is 2.67. The van der Waals surface area contributed by atoms with E-state index in [2.05, 4.69) is 20.0 Å². The maximum Gasteiger partial charge on any atom is 0.254 e. The van der Waals surface area contributed by atoms with E-state index in [9.17, 15) is 4.79 Å². The van der Waals surface area contributed by atoms with Crippen LogP contribution in [0.4, 0.5) is 11.5 Å². The van der Waals surface area contributed by atoms with Crippen molar-refractivity contribution in [3.8, 4) is 0 Å². The number of nitrogen functional groups attached to an aromatic ring is 1. The monoisotopic (exact) mass is 437 g/mol. The van der Waals surface area contributed by atoms with Crippen molar-refractivity contribution in [1.82, 2.24) is 24.5 Å². The third kappa shape index (κ3) is 4.89. The van der Waals surface area contributed by atoms with Crippen LogP contribution in [0.15, 0.2) is 36.7 Å². The highest BCUT2D eigenvalue weighted by Crippen LogP contribution is 2.19. The van der Waals surface area contributed by atoms with Gasteiger partial charge in [-0.1, -0.05) is 18.2 Å².